The van der Waals surface area contributed by atoms with Crippen LogP contribution in [0, 0.1) is 6.92 Å². The molecule has 3 aromatic rings. The third kappa shape index (κ3) is 6.05. The summed E-state index contributed by atoms with van der Waals surface area (Å²) in [6.07, 6.45) is 1.75. The summed E-state index contributed by atoms with van der Waals surface area (Å²) in [5.41, 5.74) is 3.57. The summed E-state index contributed by atoms with van der Waals surface area (Å²) < 4.78 is 0. The number of hydrogen-bond donors (Lipinski definition) is 3. The van der Waals surface area contributed by atoms with E-state index in [0.29, 0.717) is 28.8 Å². The summed E-state index contributed by atoms with van der Waals surface area (Å²) in [4.78, 5) is 24.9. The van der Waals surface area contributed by atoms with Gasteiger partial charge in [-0.15, -0.1) is 0 Å². The van der Waals surface area contributed by atoms with Gasteiger partial charge in [-0.3, -0.25) is 4.79 Å². The number of aryl methyl sites for hydroxylation is 2. The van der Waals surface area contributed by atoms with Crippen LogP contribution in [0.3, 0.4) is 0 Å². The van der Waals surface area contributed by atoms with Crippen molar-refractivity contribution < 1.29 is 9.90 Å². The van der Waals surface area contributed by atoms with Gasteiger partial charge in [0.05, 0.1) is 0 Å². The van der Waals surface area contributed by atoms with Crippen molar-refractivity contribution in [3.63, 3.8) is 0 Å². The molecule has 2 atom stereocenters. The van der Waals surface area contributed by atoms with Crippen molar-refractivity contribution in [1.82, 2.24) is 15.3 Å². The number of carbonyl (C=O) groups is 1. The molecule has 7 nitrogen and oxygen atoms in total. The largest absolute Gasteiger partial charge is 0.380 e. The van der Waals surface area contributed by atoms with Crippen LogP contribution in [0.15, 0.2) is 54.6 Å². The molecular formula is C28H35N5O2. The van der Waals surface area contributed by atoms with Crippen molar-refractivity contribution in [2.75, 3.05) is 29.9 Å². The third-order valence-electron chi connectivity index (χ3n) is 6.40. The van der Waals surface area contributed by atoms with Crippen LogP contribution < -0.4 is 15.5 Å². The molecule has 35 heavy (non-hydrogen) atoms. The van der Waals surface area contributed by atoms with Crippen LogP contribution in [0.5, 0.6) is 0 Å². The molecule has 1 aliphatic rings. The Bertz CT molecular complexity index is 1150. The van der Waals surface area contributed by atoms with Crippen molar-refractivity contribution in [1.29, 1.82) is 0 Å². The molecule has 1 saturated heterocycles. The van der Waals surface area contributed by atoms with E-state index in [4.69, 9.17) is 9.97 Å². The molecule has 2 heterocycles. The maximum absolute atomic E-state index is 13.1. The van der Waals surface area contributed by atoms with Gasteiger partial charge in [-0.25, -0.2) is 4.98 Å². The SMILES string of the molecule is CCCc1cc(N2CCC(NCC)C2)nc(Nc2ccc(C)c(C(=O)C(O)c3ccccc3)c2)n1. The molecule has 0 amide bonds. The highest BCUT2D eigenvalue weighted by Crippen LogP contribution is 2.26. The standard InChI is InChI=1S/C28H35N5O2/c1-4-9-21-17-25(33-15-14-23(18-33)29-5-2)32-28(30-21)31-22-13-12-19(3)24(16-22)27(35)26(34)20-10-7-6-8-11-20/h6-8,10-13,16-17,23,26,29,34H,4-5,9,14-15,18H2,1-3H3,(H,30,31,32). The Morgan fingerprint density at radius 1 is 1.14 bits per heavy atom. The number of aromatic nitrogens is 2. The van der Waals surface area contributed by atoms with Crippen LogP contribution >= 0.6 is 0 Å². The quantitative estimate of drug-likeness (QED) is 0.371. The van der Waals surface area contributed by atoms with E-state index < -0.39 is 6.10 Å². The molecule has 184 valence electrons. The van der Waals surface area contributed by atoms with Gasteiger partial charge in [-0.2, -0.15) is 4.98 Å². The van der Waals surface area contributed by atoms with Gasteiger partial charge in [-0.1, -0.05) is 56.7 Å². The smallest absolute Gasteiger partial charge is 0.229 e. The molecule has 3 N–H and O–H groups in total. The van der Waals surface area contributed by atoms with Crippen LogP contribution in [0.25, 0.3) is 0 Å². The minimum atomic E-state index is -1.21. The van der Waals surface area contributed by atoms with Gasteiger partial charge in [0.15, 0.2) is 5.78 Å². The van der Waals surface area contributed by atoms with E-state index in [0.717, 1.165) is 56.0 Å². The summed E-state index contributed by atoms with van der Waals surface area (Å²) in [6, 6.07) is 17.1. The molecule has 1 aliphatic heterocycles. The number of aliphatic hydroxyl groups excluding tert-OH is 1. The van der Waals surface area contributed by atoms with E-state index >= 15 is 0 Å². The monoisotopic (exact) mass is 473 g/mol. The second kappa shape index (κ2) is 11.4. The first-order valence-electron chi connectivity index (χ1n) is 12.5. The maximum Gasteiger partial charge on any atom is 0.229 e. The average molecular weight is 474 g/mol. The van der Waals surface area contributed by atoms with E-state index in [1.807, 2.05) is 37.3 Å². The van der Waals surface area contributed by atoms with Crippen molar-refractivity contribution in [3.05, 3.63) is 77.0 Å². The van der Waals surface area contributed by atoms with Crippen molar-refractivity contribution in [2.45, 2.75) is 52.2 Å². The lowest BCUT2D eigenvalue weighted by Gasteiger charge is -2.20. The number of rotatable bonds is 10. The average Bonchev–Trinajstić information content (AvgIpc) is 3.34. The molecule has 1 fully saturated rings. The van der Waals surface area contributed by atoms with E-state index in [9.17, 15) is 9.90 Å². The Balaban J connectivity index is 1.58. The van der Waals surface area contributed by atoms with Crippen molar-refractivity contribution in [2.24, 2.45) is 0 Å². The van der Waals surface area contributed by atoms with Crippen LogP contribution in [0.2, 0.25) is 0 Å². The fourth-order valence-electron chi connectivity index (χ4n) is 4.54. The summed E-state index contributed by atoms with van der Waals surface area (Å²) in [7, 11) is 0. The summed E-state index contributed by atoms with van der Waals surface area (Å²) in [5, 5.41) is 17.5. The summed E-state index contributed by atoms with van der Waals surface area (Å²) in [5.74, 6) is 1.11. The highest BCUT2D eigenvalue weighted by atomic mass is 16.3. The van der Waals surface area contributed by atoms with E-state index in [1.54, 1.807) is 18.2 Å². The molecule has 0 bridgehead atoms. The minimum absolute atomic E-state index is 0.328. The molecule has 0 saturated carbocycles. The van der Waals surface area contributed by atoms with E-state index in [1.165, 1.54) is 0 Å². The topological polar surface area (TPSA) is 90.4 Å². The minimum Gasteiger partial charge on any atom is -0.380 e. The van der Waals surface area contributed by atoms with Crippen LogP contribution in [0.4, 0.5) is 17.5 Å². The summed E-state index contributed by atoms with van der Waals surface area (Å²) >= 11 is 0. The van der Waals surface area contributed by atoms with Gasteiger partial charge >= 0.3 is 0 Å². The number of nitrogens with one attached hydrogen (secondary N) is 2. The van der Waals surface area contributed by atoms with E-state index in [2.05, 4.69) is 35.4 Å². The number of aliphatic hydroxyl groups is 1. The highest BCUT2D eigenvalue weighted by Gasteiger charge is 2.24. The van der Waals surface area contributed by atoms with Crippen LogP contribution in [-0.4, -0.2) is 46.5 Å². The lowest BCUT2D eigenvalue weighted by molar-refractivity contribution is 0.0747. The van der Waals surface area contributed by atoms with E-state index in [-0.39, 0.29) is 5.78 Å². The lowest BCUT2D eigenvalue weighted by atomic mass is 9.96. The predicted octanol–water partition coefficient (Wildman–Crippen LogP) is 4.59. The number of anilines is 3. The Kier molecular flexibility index (Phi) is 8.10. The predicted molar refractivity (Wildman–Crippen MR) is 141 cm³/mol. The van der Waals surface area contributed by atoms with Crippen molar-refractivity contribution in [3.8, 4) is 0 Å². The zero-order chi connectivity index (χ0) is 24.8. The molecule has 2 unspecified atom stereocenters. The van der Waals surface area contributed by atoms with Gasteiger partial charge in [0.2, 0.25) is 5.95 Å². The Morgan fingerprint density at radius 3 is 2.69 bits per heavy atom. The second-order valence-electron chi connectivity index (χ2n) is 9.11. The first-order chi connectivity index (χ1) is 17.0. The molecule has 0 aliphatic carbocycles. The van der Waals surface area contributed by atoms with Gasteiger partial charge in [-0.05, 0) is 49.6 Å². The lowest BCUT2D eigenvalue weighted by Crippen LogP contribution is -2.32. The molecule has 0 spiro atoms. The number of hydrogen-bond acceptors (Lipinski definition) is 7. The second-order valence-corrected chi connectivity index (χ2v) is 9.11. The van der Waals surface area contributed by atoms with Gasteiger partial charge in [0.1, 0.15) is 11.9 Å². The van der Waals surface area contributed by atoms with Crippen LogP contribution in [-0.2, 0) is 6.42 Å². The normalized spacial score (nSPS) is 16.3. The number of ketones is 1. The molecule has 1 aromatic heterocycles. The Morgan fingerprint density at radius 2 is 1.94 bits per heavy atom. The first kappa shape index (κ1) is 24.8. The summed E-state index contributed by atoms with van der Waals surface area (Å²) in [6.45, 7) is 9.00. The first-order valence-corrected chi connectivity index (χ1v) is 12.5. The van der Waals surface area contributed by atoms with Gasteiger partial charge in [0, 0.05) is 42.1 Å². The molecule has 7 heteroatoms. The Hall–Kier alpha value is -3.29. The number of likely N-dealkylation sites (N-methyl/N-ethyl adjacent to an activating group) is 1. The zero-order valence-corrected chi connectivity index (χ0v) is 20.8. The fourth-order valence-corrected chi connectivity index (χ4v) is 4.54. The Labute approximate surface area is 207 Å². The molecule has 2 aromatic carbocycles. The number of carbonyl (C=O) groups excluding carboxylic acids is 1. The maximum atomic E-state index is 13.1. The zero-order valence-electron chi connectivity index (χ0n) is 20.8. The number of Topliss-reactive ketones (excluding diaryl/α,β-unsaturated/α-hetero) is 1. The van der Waals surface area contributed by atoms with Crippen LogP contribution in [0.1, 0.15) is 60.0 Å². The molecule has 0 radical (unpaired) electrons. The number of benzene rings is 2. The highest BCUT2D eigenvalue weighted by molar-refractivity contribution is 6.01. The number of nitrogens with zero attached hydrogens (tertiary/aromatic N) is 3. The fraction of sp³-hybridized carbons (Fsp3) is 0.393. The van der Waals surface area contributed by atoms with Gasteiger partial charge < -0.3 is 20.6 Å². The third-order valence-corrected chi connectivity index (χ3v) is 6.40. The van der Waals surface area contributed by atoms with Crippen molar-refractivity contribution >= 4 is 23.2 Å². The van der Waals surface area contributed by atoms with Gasteiger partial charge in [0.25, 0.3) is 0 Å². The molecule has 4 rings (SSSR count). The molecular weight excluding hydrogens is 438 g/mol.